The van der Waals surface area contributed by atoms with Gasteiger partial charge in [0, 0.05) is 4.47 Å². The lowest BCUT2D eigenvalue weighted by Crippen LogP contribution is -2.31. The second-order valence-electron chi connectivity index (χ2n) is 4.58. The standard InChI is InChI=1S/C16H17BrN2O2/c1-11(12-6-5-7-13(10-12)21-2)18-16(20)19-15-9-4-3-8-14(15)17/h3-11H,1-2H3,(H2,18,19,20). The molecule has 2 aromatic rings. The van der Waals surface area contributed by atoms with Crippen LogP contribution in [0.15, 0.2) is 53.0 Å². The molecule has 21 heavy (non-hydrogen) atoms. The lowest BCUT2D eigenvalue weighted by molar-refractivity contribution is 0.249. The smallest absolute Gasteiger partial charge is 0.319 e. The molecule has 0 aliphatic heterocycles. The van der Waals surface area contributed by atoms with Gasteiger partial charge in [-0.3, -0.25) is 0 Å². The van der Waals surface area contributed by atoms with Crippen molar-refractivity contribution in [3.05, 3.63) is 58.6 Å². The van der Waals surface area contributed by atoms with Gasteiger partial charge in [-0.05, 0) is 52.7 Å². The normalized spacial score (nSPS) is 11.6. The molecule has 0 saturated heterocycles. The van der Waals surface area contributed by atoms with Gasteiger partial charge < -0.3 is 15.4 Å². The quantitative estimate of drug-likeness (QED) is 0.863. The number of carbonyl (C=O) groups is 1. The SMILES string of the molecule is COc1cccc(C(C)NC(=O)Nc2ccccc2Br)c1. The van der Waals surface area contributed by atoms with Crippen LogP contribution in [0.1, 0.15) is 18.5 Å². The van der Waals surface area contributed by atoms with Gasteiger partial charge in [0.05, 0.1) is 18.8 Å². The highest BCUT2D eigenvalue weighted by atomic mass is 79.9. The number of para-hydroxylation sites is 1. The van der Waals surface area contributed by atoms with E-state index in [1.807, 2.05) is 55.5 Å². The van der Waals surface area contributed by atoms with Gasteiger partial charge in [0.15, 0.2) is 0 Å². The fourth-order valence-electron chi connectivity index (χ4n) is 1.91. The first kappa shape index (κ1) is 15.4. The van der Waals surface area contributed by atoms with Crippen LogP contribution in [0.5, 0.6) is 5.75 Å². The van der Waals surface area contributed by atoms with E-state index in [0.29, 0.717) is 0 Å². The Bertz CT molecular complexity index is 631. The Morgan fingerprint density at radius 3 is 2.67 bits per heavy atom. The number of rotatable bonds is 4. The molecule has 5 heteroatoms. The van der Waals surface area contributed by atoms with Crippen molar-refractivity contribution in [2.45, 2.75) is 13.0 Å². The molecule has 0 aliphatic carbocycles. The molecule has 1 unspecified atom stereocenters. The first-order valence-corrected chi connectivity index (χ1v) is 7.35. The second-order valence-corrected chi connectivity index (χ2v) is 5.43. The van der Waals surface area contributed by atoms with E-state index in [9.17, 15) is 4.79 Å². The summed E-state index contributed by atoms with van der Waals surface area (Å²) in [5, 5.41) is 5.71. The van der Waals surface area contributed by atoms with Gasteiger partial charge in [0.2, 0.25) is 0 Å². The maximum absolute atomic E-state index is 12.0. The number of nitrogens with one attached hydrogen (secondary N) is 2. The number of methoxy groups -OCH3 is 1. The average molecular weight is 349 g/mol. The topological polar surface area (TPSA) is 50.4 Å². The van der Waals surface area contributed by atoms with E-state index in [1.54, 1.807) is 7.11 Å². The summed E-state index contributed by atoms with van der Waals surface area (Å²) in [5.74, 6) is 0.771. The number of hydrogen-bond donors (Lipinski definition) is 2. The zero-order valence-corrected chi connectivity index (χ0v) is 13.5. The molecule has 2 amide bonds. The molecule has 110 valence electrons. The molecule has 0 aromatic heterocycles. The number of carbonyl (C=O) groups excluding carboxylic acids is 1. The Kier molecular flexibility index (Phi) is 5.22. The lowest BCUT2D eigenvalue weighted by Gasteiger charge is -2.16. The van der Waals surface area contributed by atoms with Crippen LogP contribution in [0.25, 0.3) is 0 Å². The molecule has 0 radical (unpaired) electrons. The predicted octanol–water partition coefficient (Wildman–Crippen LogP) is 4.34. The summed E-state index contributed by atoms with van der Waals surface area (Å²) in [5.41, 5.74) is 1.71. The summed E-state index contributed by atoms with van der Waals surface area (Å²) < 4.78 is 6.03. The van der Waals surface area contributed by atoms with Crippen molar-refractivity contribution in [3.8, 4) is 5.75 Å². The third-order valence-electron chi connectivity index (χ3n) is 3.06. The molecule has 0 spiro atoms. The molecule has 1 atom stereocenters. The zero-order valence-electron chi connectivity index (χ0n) is 11.9. The third kappa shape index (κ3) is 4.23. The molecule has 2 rings (SSSR count). The molecule has 0 heterocycles. The molecule has 0 fully saturated rings. The number of halogens is 1. The average Bonchev–Trinajstić information content (AvgIpc) is 2.49. The predicted molar refractivity (Wildman–Crippen MR) is 87.7 cm³/mol. The van der Waals surface area contributed by atoms with Crippen LogP contribution < -0.4 is 15.4 Å². The molecule has 4 nitrogen and oxygen atoms in total. The first-order valence-electron chi connectivity index (χ1n) is 6.56. The summed E-state index contributed by atoms with van der Waals surface area (Å²) in [6.07, 6.45) is 0. The third-order valence-corrected chi connectivity index (χ3v) is 3.75. The van der Waals surface area contributed by atoms with Crippen molar-refractivity contribution < 1.29 is 9.53 Å². The van der Waals surface area contributed by atoms with Crippen molar-refractivity contribution in [2.75, 3.05) is 12.4 Å². The summed E-state index contributed by atoms with van der Waals surface area (Å²) in [6, 6.07) is 14.7. The molecule has 0 saturated carbocycles. The van der Waals surface area contributed by atoms with E-state index in [1.165, 1.54) is 0 Å². The Hall–Kier alpha value is -2.01. The van der Waals surface area contributed by atoms with Crippen LogP contribution >= 0.6 is 15.9 Å². The van der Waals surface area contributed by atoms with Crippen molar-refractivity contribution in [2.24, 2.45) is 0 Å². The Morgan fingerprint density at radius 1 is 1.19 bits per heavy atom. The molecular formula is C16H17BrN2O2. The zero-order chi connectivity index (χ0) is 15.2. The van der Waals surface area contributed by atoms with E-state index in [4.69, 9.17) is 4.74 Å². The van der Waals surface area contributed by atoms with E-state index in [0.717, 1.165) is 21.5 Å². The maximum Gasteiger partial charge on any atom is 0.319 e. The fourth-order valence-corrected chi connectivity index (χ4v) is 2.30. The molecule has 2 N–H and O–H groups in total. The number of amides is 2. The number of ether oxygens (including phenoxy) is 1. The highest BCUT2D eigenvalue weighted by Gasteiger charge is 2.11. The molecular weight excluding hydrogens is 332 g/mol. The summed E-state index contributed by atoms with van der Waals surface area (Å²) >= 11 is 3.40. The highest BCUT2D eigenvalue weighted by Crippen LogP contribution is 2.22. The minimum Gasteiger partial charge on any atom is -0.497 e. The van der Waals surface area contributed by atoms with Gasteiger partial charge >= 0.3 is 6.03 Å². The minimum absolute atomic E-state index is 0.123. The number of benzene rings is 2. The largest absolute Gasteiger partial charge is 0.497 e. The van der Waals surface area contributed by atoms with E-state index in [2.05, 4.69) is 26.6 Å². The van der Waals surface area contributed by atoms with Crippen molar-refractivity contribution in [1.82, 2.24) is 5.32 Å². The van der Waals surface area contributed by atoms with E-state index in [-0.39, 0.29) is 12.1 Å². The maximum atomic E-state index is 12.0. The van der Waals surface area contributed by atoms with E-state index < -0.39 is 0 Å². The molecule has 2 aromatic carbocycles. The summed E-state index contributed by atoms with van der Waals surface area (Å²) in [7, 11) is 1.62. The first-order chi connectivity index (χ1) is 10.1. The number of hydrogen-bond acceptors (Lipinski definition) is 2. The summed E-state index contributed by atoms with van der Waals surface area (Å²) in [4.78, 5) is 12.0. The lowest BCUT2D eigenvalue weighted by atomic mass is 10.1. The Balaban J connectivity index is 2.00. The Labute approximate surface area is 132 Å². The molecule has 0 bridgehead atoms. The Morgan fingerprint density at radius 2 is 1.95 bits per heavy atom. The van der Waals surface area contributed by atoms with E-state index >= 15 is 0 Å². The van der Waals surface area contributed by atoms with Gasteiger partial charge in [0.25, 0.3) is 0 Å². The molecule has 0 aliphatic rings. The number of anilines is 1. The van der Waals surface area contributed by atoms with Crippen LogP contribution in [0.4, 0.5) is 10.5 Å². The second kappa shape index (κ2) is 7.13. The van der Waals surface area contributed by atoms with Crippen molar-refractivity contribution >= 4 is 27.6 Å². The highest BCUT2D eigenvalue weighted by molar-refractivity contribution is 9.10. The fraction of sp³-hybridized carbons (Fsp3) is 0.188. The van der Waals surface area contributed by atoms with Crippen LogP contribution in [0, 0.1) is 0 Å². The van der Waals surface area contributed by atoms with Crippen molar-refractivity contribution in [1.29, 1.82) is 0 Å². The van der Waals surface area contributed by atoms with Crippen LogP contribution in [-0.2, 0) is 0 Å². The number of urea groups is 1. The summed E-state index contributed by atoms with van der Waals surface area (Å²) in [6.45, 7) is 1.92. The van der Waals surface area contributed by atoms with Crippen molar-refractivity contribution in [3.63, 3.8) is 0 Å². The van der Waals surface area contributed by atoms with Crippen LogP contribution in [0.3, 0.4) is 0 Å². The van der Waals surface area contributed by atoms with Crippen LogP contribution in [-0.4, -0.2) is 13.1 Å². The van der Waals surface area contributed by atoms with Crippen LogP contribution in [0.2, 0.25) is 0 Å². The van der Waals surface area contributed by atoms with Gasteiger partial charge in [-0.2, -0.15) is 0 Å². The minimum atomic E-state index is -0.253. The van der Waals surface area contributed by atoms with Gasteiger partial charge in [-0.25, -0.2) is 4.79 Å². The van der Waals surface area contributed by atoms with Gasteiger partial charge in [-0.1, -0.05) is 24.3 Å². The van der Waals surface area contributed by atoms with Gasteiger partial charge in [-0.15, -0.1) is 0 Å². The monoisotopic (exact) mass is 348 g/mol. The van der Waals surface area contributed by atoms with Gasteiger partial charge in [0.1, 0.15) is 5.75 Å².